The molecule has 0 aromatic heterocycles. The van der Waals surface area contributed by atoms with Crippen molar-refractivity contribution in [2.75, 3.05) is 5.32 Å². The van der Waals surface area contributed by atoms with Crippen LogP contribution < -0.4 is 10.1 Å². The van der Waals surface area contributed by atoms with Crippen molar-refractivity contribution in [2.45, 2.75) is 18.9 Å². The second-order valence-electron chi connectivity index (χ2n) is 7.35. The topological polar surface area (TPSA) is 64.6 Å². The Hall–Kier alpha value is -2.82. The number of anilines is 1. The minimum Gasteiger partial charge on any atom is -0.462 e. The number of carbonyl (C=O) groups excluding carboxylic acids is 2. The zero-order valence-electron chi connectivity index (χ0n) is 14.1. The van der Waals surface area contributed by atoms with E-state index in [0.717, 1.165) is 18.6 Å². The molecule has 2 aliphatic carbocycles. The van der Waals surface area contributed by atoms with Crippen LogP contribution in [0.5, 0.6) is 11.5 Å². The molecule has 0 spiro atoms. The fraction of sp³-hybridized carbons (Fsp3) is 0.333. The third-order valence-electron chi connectivity index (χ3n) is 5.89. The van der Waals surface area contributed by atoms with E-state index in [0.29, 0.717) is 11.4 Å². The van der Waals surface area contributed by atoms with Crippen molar-refractivity contribution in [3.63, 3.8) is 0 Å². The molecule has 0 unspecified atom stereocenters. The Morgan fingerprint density at radius 3 is 2.50 bits per heavy atom. The third-order valence-corrected chi connectivity index (χ3v) is 5.89. The highest BCUT2D eigenvalue weighted by Crippen LogP contribution is 2.57. The van der Waals surface area contributed by atoms with Gasteiger partial charge < -0.3 is 14.8 Å². The van der Waals surface area contributed by atoms with Crippen LogP contribution in [0.15, 0.2) is 54.6 Å². The summed E-state index contributed by atoms with van der Waals surface area (Å²) in [6.07, 6.45) is 1.81. The van der Waals surface area contributed by atoms with Crippen LogP contribution in [0.4, 0.5) is 5.69 Å². The first-order valence-electron chi connectivity index (χ1n) is 9.03. The number of hydrogen-bond acceptors (Lipinski definition) is 4. The van der Waals surface area contributed by atoms with E-state index in [9.17, 15) is 9.59 Å². The van der Waals surface area contributed by atoms with E-state index in [-0.39, 0.29) is 41.7 Å². The lowest BCUT2D eigenvalue weighted by Crippen LogP contribution is -2.35. The van der Waals surface area contributed by atoms with Crippen molar-refractivity contribution in [2.24, 2.45) is 23.7 Å². The van der Waals surface area contributed by atoms with Crippen LogP contribution in [0.1, 0.15) is 12.8 Å². The average Bonchev–Trinajstić information content (AvgIpc) is 3.26. The Morgan fingerprint density at radius 1 is 1.00 bits per heavy atom. The molecule has 2 saturated carbocycles. The number of amides is 1. The fourth-order valence-electron chi connectivity index (χ4n) is 4.82. The van der Waals surface area contributed by atoms with E-state index >= 15 is 0 Å². The lowest BCUT2D eigenvalue weighted by molar-refractivity contribution is -0.145. The summed E-state index contributed by atoms with van der Waals surface area (Å²) in [6, 6.07) is 16.8. The van der Waals surface area contributed by atoms with Gasteiger partial charge in [0.25, 0.3) is 0 Å². The van der Waals surface area contributed by atoms with Gasteiger partial charge in [-0.3, -0.25) is 9.59 Å². The summed E-state index contributed by atoms with van der Waals surface area (Å²) in [5, 5.41) is 2.96. The van der Waals surface area contributed by atoms with Crippen LogP contribution in [0.3, 0.4) is 0 Å². The first kappa shape index (κ1) is 15.4. The number of carbonyl (C=O) groups is 2. The fourth-order valence-corrected chi connectivity index (χ4v) is 4.82. The minimum atomic E-state index is -0.258. The molecule has 1 aliphatic heterocycles. The van der Waals surface area contributed by atoms with Gasteiger partial charge in [0.05, 0.1) is 11.8 Å². The van der Waals surface area contributed by atoms with Crippen LogP contribution in [0.2, 0.25) is 0 Å². The van der Waals surface area contributed by atoms with Crippen molar-refractivity contribution in [3.8, 4) is 11.5 Å². The molecular weight excluding hydrogens is 330 g/mol. The van der Waals surface area contributed by atoms with Crippen molar-refractivity contribution in [3.05, 3.63) is 54.6 Å². The molecular formula is C21H19NO4. The Morgan fingerprint density at radius 2 is 1.73 bits per heavy atom. The number of para-hydroxylation sites is 1. The van der Waals surface area contributed by atoms with Gasteiger partial charge in [-0.25, -0.2) is 0 Å². The van der Waals surface area contributed by atoms with Gasteiger partial charge in [0.1, 0.15) is 17.6 Å². The molecule has 132 valence electrons. The number of ether oxygens (including phenoxy) is 2. The van der Waals surface area contributed by atoms with Crippen molar-refractivity contribution in [1.29, 1.82) is 0 Å². The van der Waals surface area contributed by atoms with Crippen molar-refractivity contribution < 1.29 is 19.1 Å². The van der Waals surface area contributed by atoms with E-state index in [1.54, 1.807) is 0 Å². The van der Waals surface area contributed by atoms with Crippen molar-refractivity contribution in [1.82, 2.24) is 0 Å². The lowest BCUT2D eigenvalue weighted by atomic mass is 9.79. The maximum atomic E-state index is 12.8. The Balaban J connectivity index is 1.27. The van der Waals surface area contributed by atoms with Gasteiger partial charge >= 0.3 is 5.97 Å². The van der Waals surface area contributed by atoms with Crippen LogP contribution in [-0.2, 0) is 14.3 Å². The molecule has 1 saturated heterocycles. The Kier molecular flexibility index (Phi) is 3.48. The molecule has 1 heterocycles. The monoisotopic (exact) mass is 349 g/mol. The Labute approximate surface area is 151 Å². The molecule has 2 bridgehead atoms. The molecule has 5 heteroatoms. The van der Waals surface area contributed by atoms with E-state index in [1.807, 2.05) is 54.6 Å². The zero-order chi connectivity index (χ0) is 17.7. The number of esters is 1. The van der Waals surface area contributed by atoms with Crippen LogP contribution in [-0.4, -0.2) is 18.0 Å². The zero-order valence-corrected chi connectivity index (χ0v) is 14.1. The van der Waals surface area contributed by atoms with Gasteiger partial charge in [0, 0.05) is 11.6 Å². The highest BCUT2D eigenvalue weighted by atomic mass is 16.6. The lowest BCUT2D eigenvalue weighted by Gasteiger charge is -2.23. The number of nitrogens with one attached hydrogen (secondary N) is 1. The molecule has 5 rings (SSSR count). The SMILES string of the molecule is O=C(Nc1ccc(Oc2ccccc2)cc1)[C@@H]1[C@@H]2C[C@@H]3[C@H]1C(=O)O[C@@H]3C2. The first-order chi connectivity index (χ1) is 12.7. The Bertz CT molecular complexity index is 846. The van der Waals surface area contributed by atoms with Gasteiger partial charge in [-0.05, 0) is 55.2 Å². The highest BCUT2D eigenvalue weighted by molar-refractivity contribution is 5.97. The summed E-state index contributed by atoms with van der Waals surface area (Å²) in [6.45, 7) is 0. The molecule has 3 fully saturated rings. The summed E-state index contributed by atoms with van der Waals surface area (Å²) in [5.41, 5.74) is 0.709. The largest absolute Gasteiger partial charge is 0.462 e. The highest BCUT2D eigenvalue weighted by Gasteiger charge is 2.63. The second kappa shape index (κ2) is 5.87. The average molecular weight is 349 g/mol. The van der Waals surface area contributed by atoms with Gasteiger partial charge in [0.2, 0.25) is 5.91 Å². The number of benzene rings is 2. The maximum Gasteiger partial charge on any atom is 0.310 e. The van der Waals surface area contributed by atoms with E-state index in [1.165, 1.54) is 0 Å². The summed E-state index contributed by atoms with van der Waals surface area (Å²) >= 11 is 0. The predicted molar refractivity (Wildman–Crippen MR) is 94.7 cm³/mol. The maximum absolute atomic E-state index is 12.8. The second-order valence-corrected chi connectivity index (χ2v) is 7.35. The molecule has 26 heavy (non-hydrogen) atoms. The molecule has 3 aliphatic rings. The third kappa shape index (κ3) is 2.46. The summed E-state index contributed by atoms with van der Waals surface area (Å²) in [7, 11) is 0. The normalized spacial score (nSPS) is 30.9. The van der Waals surface area contributed by atoms with E-state index < -0.39 is 0 Å². The molecule has 1 N–H and O–H groups in total. The number of fused-ring (bicyclic) bond motifs is 1. The standard InChI is InChI=1S/C21H19NO4/c23-20(18-12-10-16-17(11-12)26-21(24)19(16)18)22-13-6-8-15(9-7-13)25-14-4-2-1-3-5-14/h1-9,12,16-19H,10-11H2,(H,22,23)/t12-,16+,17-,18-,19-/m1/s1. The molecule has 5 nitrogen and oxygen atoms in total. The molecule has 2 aromatic rings. The van der Waals surface area contributed by atoms with E-state index in [2.05, 4.69) is 5.32 Å². The molecule has 5 atom stereocenters. The van der Waals surface area contributed by atoms with Crippen LogP contribution >= 0.6 is 0 Å². The predicted octanol–water partition coefficient (Wildman–Crippen LogP) is 3.62. The minimum absolute atomic E-state index is 0.0518. The van der Waals surface area contributed by atoms with Crippen LogP contribution in [0.25, 0.3) is 0 Å². The molecule has 1 amide bonds. The quantitative estimate of drug-likeness (QED) is 0.857. The number of rotatable bonds is 4. The number of hydrogen-bond donors (Lipinski definition) is 1. The molecule has 2 aromatic carbocycles. The molecule has 0 radical (unpaired) electrons. The summed E-state index contributed by atoms with van der Waals surface area (Å²) in [5.74, 6) is 1.21. The van der Waals surface area contributed by atoms with Crippen LogP contribution in [0, 0.1) is 23.7 Å². The summed E-state index contributed by atoms with van der Waals surface area (Å²) in [4.78, 5) is 24.8. The first-order valence-corrected chi connectivity index (χ1v) is 9.03. The van der Waals surface area contributed by atoms with Crippen molar-refractivity contribution >= 4 is 17.6 Å². The van der Waals surface area contributed by atoms with E-state index in [4.69, 9.17) is 9.47 Å². The van der Waals surface area contributed by atoms with Gasteiger partial charge in [-0.2, -0.15) is 0 Å². The smallest absolute Gasteiger partial charge is 0.310 e. The van der Waals surface area contributed by atoms with Gasteiger partial charge in [0.15, 0.2) is 0 Å². The summed E-state index contributed by atoms with van der Waals surface area (Å²) < 4.78 is 11.2. The van der Waals surface area contributed by atoms with Gasteiger partial charge in [-0.15, -0.1) is 0 Å². The van der Waals surface area contributed by atoms with Gasteiger partial charge in [-0.1, -0.05) is 18.2 Å².